The van der Waals surface area contributed by atoms with Crippen LogP contribution >= 0.6 is 0 Å². The van der Waals surface area contributed by atoms with E-state index in [1.165, 1.54) is 0 Å². The van der Waals surface area contributed by atoms with Crippen molar-refractivity contribution in [2.45, 2.75) is 20.8 Å². The summed E-state index contributed by atoms with van der Waals surface area (Å²) in [5.41, 5.74) is 3.41. The van der Waals surface area contributed by atoms with Gasteiger partial charge in [0.05, 0.1) is 23.1 Å². The number of carboxylic acid groups (broad SMARTS) is 1. The second kappa shape index (κ2) is 5.06. The molecule has 0 fully saturated rings. The van der Waals surface area contributed by atoms with Gasteiger partial charge in [0.1, 0.15) is 5.82 Å². The Morgan fingerprint density at radius 1 is 1.21 bits per heavy atom. The standard InChI is InChI=1S/C14H15N3O2/c1-8-4-5-11(6-12(8)14(18)19)17-13-7-15-9(2)10(3)16-13/h4-7H,1-3H3,(H,16,17)(H,18,19). The summed E-state index contributed by atoms with van der Waals surface area (Å²) >= 11 is 0. The minimum absolute atomic E-state index is 0.279. The van der Waals surface area contributed by atoms with Crippen molar-refractivity contribution in [2.24, 2.45) is 0 Å². The van der Waals surface area contributed by atoms with Gasteiger partial charge in [-0.05, 0) is 38.5 Å². The maximum absolute atomic E-state index is 11.1. The summed E-state index contributed by atoms with van der Waals surface area (Å²) < 4.78 is 0. The Morgan fingerprint density at radius 3 is 2.58 bits per heavy atom. The van der Waals surface area contributed by atoms with Gasteiger partial charge in [-0.1, -0.05) is 6.07 Å². The molecule has 0 spiro atoms. The first-order chi connectivity index (χ1) is 8.97. The molecule has 0 radical (unpaired) electrons. The predicted octanol–water partition coefficient (Wildman–Crippen LogP) is 2.84. The van der Waals surface area contributed by atoms with E-state index in [2.05, 4.69) is 15.3 Å². The summed E-state index contributed by atoms with van der Waals surface area (Å²) in [5.74, 6) is -0.337. The summed E-state index contributed by atoms with van der Waals surface area (Å²) in [7, 11) is 0. The van der Waals surface area contributed by atoms with E-state index in [1.54, 1.807) is 25.3 Å². The predicted molar refractivity (Wildman–Crippen MR) is 72.9 cm³/mol. The monoisotopic (exact) mass is 257 g/mol. The van der Waals surface area contributed by atoms with Crippen LogP contribution in [0.1, 0.15) is 27.3 Å². The van der Waals surface area contributed by atoms with E-state index in [1.807, 2.05) is 19.9 Å². The van der Waals surface area contributed by atoms with Gasteiger partial charge in [0, 0.05) is 5.69 Å². The van der Waals surface area contributed by atoms with Crippen molar-refractivity contribution in [1.29, 1.82) is 0 Å². The summed E-state index contributed by atoms with van der Waals surface area (Å²) in [6, 6.07) is 5.17. The minimum atomic E-state index is -0.938. The summed E-state index contributed by atoms with van der Waals surface area (Å²) in [4.78, 5) is 19.6. The van der Waals surface area contributed by atoms with Gasteiger partial charge < -0.3 is 10.4 Å². The zero-order valence-corrected chi connectivity index (χ0v) is 11.1. The van der Waals surface area contributed by atoms with Gasteiger partial charge in [-0.15, -0.1) is 0 Å². The second-order valence-corrected chi connectivity index (χ2v) is 4.39. The number of carboxylic acids is 1. The number of nitrogens with one attached hydrogen (secondary N) is 1. The Labute approximate surface area is 111 Å². The third-order valence-corrected chi connectivity index (χ3v) is 2.93. The van der Waals surface area contributed by atoms with Crippen molar-refractivity contribution in [3.8, 4) is 0 Å². The van der Waals surface area contributed by atoms with Crippen LogP contribution in [0.25, 0.3) is 0 Å². The van der Waals surface area contributed by atoms with Gasteiger partial charge in [0.2, 0.25) is 0 Å². The van der Waals surface area contributed by atoms with Crippen molar-refractivity contribution in [2.75, 3.05) is 5.32 Å². The summed E-state index contributed by atoms with van der Waals surface area (Å²) in [6.45, 7) is 5.54. The number of rotatable bonds is 3. The first-order valence-corrected chi connectivity index (χ1v) is 5.88. The zero-order chi connectivity index (χ0) is 14.0. The van der Waals surface area contributed by atoms with Gasteiger partial charge >= 0.3 is 5.97 Å². The maximum Gasteiger partial charge on any atom is 0.336 e. The molecular weight excluding hydrogens is 242 g/mol. The molecule has 5 nitrogen and oxygen atoms in total. The van der Waals surface area contributed by atoms with Crippen LogP contribution in [-0.4, -0.2) is 21.0 Å². The smallest absolute Gasteiger partial charge is 0.336 e. The molecule has 0 unspecified atom stereocenters. The number of hydrogen-bond donors (Lipinski definition) is 2. The van der Waals surface area contributed by atoms with E-state index < -0.39 is 5.97 Å². The first-order valence-electron chi connectivity index (χ1n) is 5.88. The highest BCUT2D eigenvalue weighted by molar-refractivity contribution is 5.90. The molecule has 5 heteroatoms. The molecule has 0 aliphatic rings. The van der Waals surface area contributed by atoms with Gasteiger partial charge in [-0.25, -0.2) is 9.78 Å². The van der Waals surface area contributed by atoms with Gasteiger partial charge in [-0.3, -0.25) is 4.98 Å². The van der Waals surface area contributed by atoms with Crippen LogP contribution in [0.3, 0.4) is 0 Å². The molecule has 2 aromatic rings. The van der Waals surface area contributed by atoms with E-state index in [-0.39, 0.29) is 5.56 Å². The highest BCUT2D eigenvalue weighted by Crippen LogP contribution is 2.19. The molecule has 1 aromatic heterocycles. The highest BCUT2D eigenvalue weighted by Gasteiger charge is 2.08. The number of benzene rings is 1. The number of nitrogens with zero attached hydrogens (tertiary/aromatic N) is 2. The Kier molecular flexibility index (Phi) is 3.46. The number of carbonyl (C=O) groups is 1. The Morgan fingerprint density at radius 2 is 1.95 bits per heavy atom. The molecule has 0 amide bonds. The molecule has 0 aliphatic heterocycles. The molecule has 0 saturated heterocycles. The largest absolute Gasteiger partial charge is 0.478 e. The lowest BCUT2D eigenvalue weighted by Gasteiger charge is -2.09. The third-order valence-electron chi connectivity index (χ3n) is 2.93. The van der Waals surface area contributed by atoms with Gasteiger partial charge in [0.15, 0.2) is 0 Å². The van der Waals surface area contributed by atoms with Crippen LogP contribution in [0, 0.1) is 20.8 Å². The number of aryl methyl sites for hydroxylation is 3. The van der Waals surface area contributed by atoms with Crippen LogP contribution in [0.5, 0.6) is 0 Å². The van der Waals surface area contributed by atoms with E-state index in [9.17, 15) is 4.79 Å². The third kappa shape index (κ3) is 2.88. The number of aromatic nitrogens is 2. The number of aromatic carboxylic acids is 1. The summed E-state index contributed by atoms with van der Waals surface area (Å²) in [6.07, 6.45) is 1.63. The van der Waals surface area contributed by atoms with E-state index in [0.717, 1.165) is 17.0 Å². The lowest BCUT2D eigenvalue weighted by Crippen LogP contribution is -2.03. The van der Waals surface area contributed by atoms with Crippen molar-refractivity contribution >= 4 is 17.5 Å². The fourth-order valence-electron chi connectivity index (χ4n) is 1.68. The van der Waals surface area contributed by atoms with Crippen molar-refractivity contribution < 1.29 is 9.90 Å². The lowest BCUT2D eigenvalue weighted by molar-refractivity contribution is 0.0696. The zero-order valence-electron chi connectivity index (χ0n) is 11.1. The van der Waals surface area contributed by atoms with Crippen LogP contribution in [-0.2, 0) is 0 Å². The average Bonchev–Trinajstić information content (AvgIpc) is 2.36. The number of hydrogen-bond acceptors (Lipinski definition) is 4. The fraction of sp³-hybridized carbons (Fsp3) is 0.214. The minimum Gasteiger partial charge on any atom is -0.478 e. The molecule has 0 aliphatic carbocycles. The van der Waals surface area contributed by atoms with Crippen LogP contribution in [0.2, 0.25) is 0 Å². The molecular formula is C14H15N3O2. The van der Waals surface area contributed by atoms with Crippen LogP contribution in [0.15, 0.2) is 24.4 Å². The van der Waals surface area contributed by atoms with Gasteiger partial charge in [0.25, 0.3) is 0 Å². The molecule has 0 bridgehead atoms. The van der Waals surface area contributed by atoms with E-state index in [0.29, 0.717) is 11.5 Å². The van der Waals surface area contributed by atoms with Crippen molar-refractivity contribution in [3.05, 3.63) is 46.9 Å². The van der Waals surface area contributed by atoms with Crippen LogP contribution < -0.4 is 5.32 Å². The maximum atomic E-state index is 11.1. The molecule has 19 heavy (non-hydrogen) atoms. The van der Waals surface area contributed by atoms with Crippen LogP contribution in [0.4, 0.5) is 11.5 Å². The molecule has 1 heterocycles. The molecule has 0 saturated carbocycles. The van der Waals surface area contributed by atoms with Crippen molar-refractivity contribution in [1.82, 2.24) is 9.97 Å². The molecule has 0 atom stereocenters. The van der Waals surface area contributed by atoms with Gasteiger partial charge in [-0.2, -0.15) is 0 Å². The Balaban J connectivity index is 2.30. The fourth-order valence-corrected chi connectivity index (χ4v) is 1.68. The second-order valence-electron chi connectivity index (χ2n) is 4.39. The normalized spacial score (nSPS) is 10.3. The quantitative estimate of drug-likeness (QED) is 0.884. The average molecular weight is 257 g/mol. The summed E-state index contributed by atoms with van der Waals surface area (Å²) in [5, 5.41) is 12.1. The first kappa shape index (κ1) is 13.0. The lowest BCUT2D eigenvalue weighted by atomic mass is 10.1. The van der Waals surface area contributed by atoms with E-state index >= 15 is 0 Å². The Hall–Kier alpha value is -2.43. The molecule has 2 N–H and O–H groups in total. The molecule has 1 aromatic carbocycles. The number of anilines is 2. The molecule has 2 rings (SSSR count). The van der Waals surface area contributed by atoms with E-state index in [4.69, 9.17) is 5.11 Å². The topological polar surface area (TPSA) is 75.1 Å². The van der Waals surface area contributed by atoms with Crippen molar-refractivity contribution in [3.63, 3.8) is 0 Å². The molecule has 98 valence electrons. The highest BCUT2D eigenvalue weighted by atomic mass is 16.4. The Bertz CT molecular complexity index is 639. The SMILES string of the molecule is Cc1ccc(Nc2cnc(C)c(C)n2)cc1C(=O)O.